The number of fused-ring (bicyclic) bond motifs is 1. The zero-order valence-corrected chi connectivity index (χ0v) is 11.9. The Morgan fingerprint density at radius 3 is 2.80 bits per heavy atom. The minimum Gasteiger partial charge on any atom is -0.394 e. The van der Waals surface area contributed by atoms with Gasteiger partial charge >= 0.3 is 0 Å². The molecule has 0 aromatic carbocycles. The van der Waals surface area contributed by atoms with Crippen LogP contribution in [0.5, 0.6) is 0 Å². The van der Waals surface area contributed by atoms with Crippen LogP contribution in [0.2, 0.25) is 0 Å². The van der Waals surface area contributed by atoms with Crippen molar-refractivity contribution in [3.63, 3.8) is 0 Å². The molecule has 1 atom stereocenters. The zero-order valence-electron chi connectivity index (χ0n) is 11.9. The number of rotatable bonds is 6. The van der Waals surface area contributed by atoms with Crippen molar-refractivity contribution in [3.05, 3.63) is 17.8 Å². The van der Waals surface area contributed by atoms with Crippen molar-refractivity contribution in [3.8, 4) is 0 Å². The summed E-state index contributed by atoms with van der Waals surface area (Å²) in [4.78, 5) is 12.9. The second-order valence-corrected chi connectivity index (χ2v) is 4.92. The molecule has 6 heteroatoms. The number of hydrogen-bond acceptors (Lipinski definition) is 6. The summed E-state index contributed by atoms with van der Waals surface area (Å²) in [6.07, 6.45) is 3.01. The van der Waals surface area contributed by atoms with Crippen LogP contribution in [-0.2, 0) is 0 Å². The van der Waals surface area contributed by atoms with Crippen molar-refractivity contribution in [1.29, 1.82) is 0 Å². The molecule has 0 bridgehead atoms. The van der Waals surface area contributed by atoms with Gasteiger partial charge in [-0.25, -0.2) is 9.97 Å². The van der Waals surface area contributed by atoms with Crippen molar-refractivity contribution in [1.82, 2.24) is 15.0 Å². The number of hydrogen-bond donors (Lipinski definition) is 3. The third kappa shape index (κ3) is 3.33. The van der Waals surface area contributed by atoms with E-state index >= 15 is 0 Å². The molecular formula is C14H21N5O. The highest BCUT2D eigenvalue weighted by molar-refractivity contribution is 5.86. The Morgan fingerprint density at radius 2 is 2.10 bits per heavy atom. The Balaban J connectivity index is 2.34. The molecule has 0 aliphatic carbocycles. The fourth-order valence-corrected chi connectivity index (χ4v) is 2.08. The maximum atomic E-state index is 9.45. The molecular weight excluding hydrogens is 254 g/mol. The second kappa shape index (κ2) is 6.47. The van der Waals surface area contributed by atoms with Gasteiger partial charge in [0.15, 0.2) is 5.82 Å². The first-order valence-electron chi connectivity index (χ1n) is 6.92. The summed E-state index contributed by atoms with van der Waals surface area (Å²) in [7, 11) is 0. The third-order valence-electron chi connectivity index (χ3n) is 3.17. The largest absolute Gasteiger partial charge is 0.394 e. The molecule has 2 aromatic heterocycles. The van der Waals surface area contributed by atoms with Gasteiger partial charge in [0.25, 0.3) is 0 Å². The topological polar surface area (TPSA) is 97.0 Å². The number of aryl methyl sites for hydroxylation is 1. The van der Waals surface area contributed by atoms with Gasteiger partial charge in [-0.2, -0.15) is 4.98 Å². The molecule has 0 spiro atoms. The van der Waals surface area contributed by atoms with E-state index in [-0.39, 0.29) is 18.6 Å². The first-order valence-corrected chi connectivity index (χ1v) is 6.92. The summed E-state index contributed by atoms with van der Waals surface area (Å²) in [6, 6.07) is 3.72. The number of unbranched alkanes of at least 4 members (excludes halogenated alkanes) is 1. The van der Waals surface area contributed by atoms with Crippen LogP contribution in [-0.4, -0.2) is 32.7 Å². The van der Waals surface area contributed by atoms with Gasteiger partial charge in [-0.15, -0.1) is 0 Å². The molecule has 0 amide bonds. The fourth-order valence-electron chi connectivity index (χ4n) is 2.08. The lowest BCUT2D eigenvalue weighted by Gasteiger charge is -2.17. The van der Waals surface area contributed by atoms with Crippen LogP contribution in [0.1, 0.15) is 31.9 Å². The van der Waals surface area contributed by atoms with Crippen molar-refractivity contribution < 1.29 is 5.11 Å². The number of nitrogen functional groups attached to an aromatic ring is 1. The van der Waals surface area contributed by atoms with Crippen LogP contribution in [0.15, 0.2) is 12.1 Å². The van der Waals surface area contributed by atoms with E-state index in [1.807, 2.05) is 19.1 Å². The number of anilines is 2. The zero-order chi connectivity index (χ0) is 14.5. The molecule has 4 N–H and O–H groups in total. The predicted molar refractivity (Wildman–Crippen MR) is 80.5 cm³/mol. The SMILES string of the molecule is CCCC[C@H](CO)Nc1nc(N)nc2ccc(C)nc12. The van der Waals surface area contributed by atoms with E-state index in [2.05, 4.69) is 27.2 Å². The lowest BCUT2D eigenvalue weighted by molar-refractivity contribution is 0.267. The van der Waals surface area contributed by atoms with Gasteiger partial charge < -0.3 is 16.2 Å². The van der Waals surface area contributed by atoms with Crippen LogP contribution >= 0.6 is 0 Å². The fraction of sp³-hybridized carbons (Fsp3) is 0.500. The van der Waals surface area contributed by atoms with E-state index in [0.29, 0.717) is 16.9 Å². The van der Waals surface area contributed by atoms with Gasteiger partial charge in [0.05, 0.1) is 18.2 Å². The molecule has 6 nitrogen and oxygen atoms in total. The molecule has 2 heterocycles. The normalized spacial score (nSPS) is 12.6. The summed E-state index contributed by atoms with van der Waals surface area (Å²) < 4.78 is 0. The Bertz CT molecular complexity index is 587. The molecule has 0 aliphatic rings. The summed E-state index contributed by atoms with van der Waals surface area (Å²) in [5.74, 6) is 0.796. The van der Waals surface area contributed by atoms with Gasteiger partial charge in [0.2, 0.25) is 5.95 Å². The number of aliphatic hydroxyl groups excluding tert-OH is 1. The van der Waals surface area contributed by atoms with Gasteiger partial charge in [-0.05, 0) is 25.5 Å². The minimum atomic E-state index is -0.0465. The number of nitrogens with one attached hydrogen (secondary N) is 1. The number of nitrogens with zero attached hydrogens (tertiary/aromatic N) is 3. The first-order chi connectivity index (χ1) is 9.63. The van der Waals surface area contributed by atoms with E-state index < -0.39 is 0 Å². The molecule has 0 radical (unpaired) electrons. The first kappa shape index (κ1) is 14.5. The number of pyridine rings is 1. The van der Waals surface area contributed by atoms with E-state index in [1.165, 1.54) is 0 Å². The van der Waals surface area contributed by atoms with Crippen LogP contribution in [0, 0.1) is 6.92 Å². The van der Waals surface area contributed by atoms with Crippen molar-refractivity contribution in [2.45, 2.75) is 39.2 Å². The monoisotopic (exact) mass is 275 g/mol. The van der Waals surface area contributed by atoms with Gasteiger partial charge in [0.1, 0.15) is 5.52 Å². The summed E-state index contributed by atoms with van der Waals surface area (Å²) in [5.41, 5.74) is 8.01. The quantitative estimate of drug-likeness (QED) is 0.744. The third-order valence-corrected chi connectivity index (χ3v) is 3.17. The standard InChI is InChI=1S/C14H21N5O/c1-3-4-5-10(8-20)17-13-12-11(18-14(15)19-13)7-6-9(2)16-12/h6-7,10,20H,3-5,8H2,1-2H3,(H3,15,17,18,19)/t10-/m1/s1. The molecule has 108 valence electrons. The lowest BCUT2D eigenvalue weighted by atomic mass is 10.1. The average Bonchev–Trinajstić information content (AvgIpc) is 2.43. The Morgan fingerprint density at radius 1 is 1.30 bits per heavy atom. The number of nitrogens with two attached hydrogens (primary N) is 1. The smallest absolute Gasteiger partial charge is 0.222 e. The van der Waals surface area contributed by atoms with E-state index in [0.717, 1.165) is 25.0 Å². The Labute approximate surface area is 118 Å². The van der Waals surface area contributed by atoms with E-state index in [1.54, 1.807) is 0 Å². The summed E-state index contributed by atoms with van der Waals surface area (Å²) in [6.45, 7) is 4.09. The maximum absolute atomic E-state index is 9.45. The highest BCUT2D eigenvalue weighted by Crippen LogP contribution is 2.21. The molecule has 0 unspecified atom stereocenters. The summed E-state index contributed by atoms with van der Waals surface area (Å²) in [5, 5.41) is 12.7. The minimum absolute atomic E-state index is 0.0465. The van der Waals surface area contributed by atoms with Crippen LogP contribution < -0.4 is 11.1 Å². The molecule has 2 aromatic rings. The average molecular weight is 275 g/mol. The maximum Gasteiger partial charge on any atom is 0.222 e. The van der Waals surface area contributed by atoms with Gasteiger partial charge in [0, 0.05) is 5.69 Å². The van der Waals surface area contributed by atoms with Gasteiger partial charge in [-0.1, -0.05) is 19.8 Å². The number of aliphatic hydroxyl groups is 1. The summed E-state index contributed by atoms with van der Waals surface area (Å²) >= 11 is 0. The molecule has 0 saturated heterocycles. The van der Waals surface area contributed by atoms with Gasteiger partial charge in [-0.3, -0.25) is 0 Å². The molecule has 20 heavy (non-hydrogen) atoms. The number of aromatic nitrogens is 3. The van der Waals surface area contributed by atoms with Crippen LogP contribution in [0.3, 0.4) is 0 Å². The molecule has 0 aliphatic heterocycles. The van der Waals surface area contributed by atoms with Crippen molar-refractivity contribution >= 4 is 22.8 Å². The lowest BCUT2D eigenvalue weighted by Crippen LogP contribution is -2.24. The van der Waals surface area contributed by atoms with E-state index in [4.69, 9.17) is 5.73 Å². The molecule has 0 saturated carbocycles. The second-order valence-electron chi connectivity index (χ2n) is 4.92. The highest BCUT2D eigenvalue weighted by atomic mass is 16.3. The Kier molecular flexibility index (Phi) is 4.68. The van der Waals surface area contributed by atoms with E-state index in [9.17, 15) is 5.11 Å². The van der Waals surface area contributed by atoms with Crippen molar-refractivity contribution in [2.24, 2.45) is 0 Å². The molecule has 2 rings (SSSR count). The van der Waals surface area contributed by atoms with Crippen LogP contribution in [0.4, 0.5) is 11.8 Å². The highest BCUT2D eigenvalue weighted by Gasteiger charge is 2.13. The Hall–Kier alpha value is -1.95. The van der Waals surface area contributed by atoms with Crippen molar-refractivity contribution in [2.75, 3.05) is 17.7 Å². The van der Waals surface area contributed by atoms with Crippen LogP contribution in [0.25, 0.3) is 11.0 Å². The predicted octanol–water partition coefficient (Wildman–Crippen LogP) is 1.88. The molecule has 0 fully saturated rings.